The maximum Gasteiger partial charge on any atom is 0.213 e. The van der Waals surface area contributed by atoms with Crippen molar-refractivity contribution in [2.45, 2.75) is 68.5 Å². The summed E-state index contributed by atoms with van der Waals surface area (Å²) >= 11 is 0. The van der Waals surface area contributed by atoms with E-state index in [1.165, 1.54) is 5.20 Å². The third-order valence-corrected chi connectivity index (χ3v) is 5.10. The third kappa shape index (κ3) is 16.6. The van der Waals surface area contributed by atoms with Crippen LogP contribution in [0.25, 0.3) is 0 Å². The van der Waals surface area contributed by atoms with Gasteiger partial charge in [-0.3, -0.25) is 0 Å². The van der Waals surface area contributed by atoms with Crippen molar-refractivity contribution < 1.29 is 4.43 Å². The topological polar surface area (TPSA) is 9.23 Å². The van der Waals surface area contributed by atoms with E-state index in [-0.39, 0.29) is 0 Å². The van der Waals surface area contributed by atoms with Gasteiger partial charge in [-0.25, -0.2) is 0 Å². The molecular formula is C13H34OSi. The molecule has 2 heteroatoms. The van der Waals surface area contributed by atoms with Crippen molar-refractivity contribution in [3.8, 4) is 0 Å². The largest absolute Gasteiger partial charge is 0.416 e. The van der Waals surface area contributed by atoms with E-state index >= 15 is 0 Å². The molecule has 0 N–H and O–H groups in total. The lowest BCUT2D eigenvalue weighted by Crippen LogP contribution is -2.30. The van der Waals surface area contributed by atoms with Gasteiger partial charge in [0.2, 0.25) is 8.32 Å². The first-order valence-electron chi connectivity index (χ1n) is 6.23. The Morgan fingerprint density at radius 2 is 1.20 bits per heavy atom. The zero-order valence-corrected chi connectivity index (χ0v) is 14.0. The average Bonchev–Trinajstić information content (AvgIpc) is 2.35. The molecule has 0 aromatic carbocycles. The summed E-state index contributed by atoms with van der Waals surface area (Å²) in [4.78, 5) is 0. The van der Waals surface area contributed by atoms with Crippen LogP contribution in [-0.2, 0) is 4.43 Å². The molecule has 0 rings (SSSR count). The van der Waals surface area contributed by atoms with Crippen molar-refractivity contribution in [1.82, 2.24) is 0 Å². The number of hydrogen-bond donors (Lipinski definition) is 0. The lowest BCUT2D eigenvalue weighted by molar-refractivity contribution is 0.412. The van der Waals surface area contributed by atoms with Gasteiger partial charge in [0.05, 0.1) is 0 Å². The van der Waals surface area contributed by atoms with Crippen LogP contribution in [0.15, 0.2) is 11.3 Å². The summed E-state index contributed by atoms with van der Waals surface area (Å²) in [6.45, 7) is 20.6. The fraction of sp³-hybridized carbons (Fsp3) is 0.846. The molecule has 0 heterocycles. The molecule has 0 aromatic heterocycles. The Hall–Kier alpha value is -0.0831. The summed E-state index contributed by atoms with van der Waals surface area (Å²) in [7, 11) is 0.371. The van der Waals surface area contributed by atoms with Crippen LogP contribution in [0.4, 0.5) is 0 Å². The van der Waals surface area contributed by atoms with Crippen LogP contribution in [0, 0.1) is 0 Å². The van der Waals surface area contributed by atoms with Crippen LogP contribution in [0.2, 0.25) is 13.1 Å². The quantitative estimate of drug-likeness (QED) is 0.580. The van der Waals surface area contributed by atoms with E-state index in [4.69, 9.17) is 4.43 Å². The highest BCUT2D eigenvalue weighted by Crippen LogP contribution is 2.13. The van der Waals surface area contributed by atoms with E-state index in [1.807, 2.05) is 41.5 Å². The molecule has 0 saturated heterocycles. The molecule has 0 aliphatic carbocycles. The second kappa shape index (κ2) is 19.5. The Labute approximate surface area is 100 Å². The van der Waals surface area contributed by atoms with Crippen molar-refractivity contribution >= 4 is 8.32 Å². The zero-order chi connectivity index (χ0) is 13.5. The summed E-state index contributed by atoms with van der Waals surface area (Å²) in [6.07, 6.45) is 2.13. The smallest absolute Gasteiger partial charge is 0.213 e. The van der Waals surface area contributed by atoms with E-state index < -0.39 is 8.32 Å². The minimum absolute atomic E-state index is 1.41. The van der Waals surface area contributed by atoms with E-state index in [2.05, 4.69) is 33.0 Å². The van der Waals surface area contributed by atoms with E-state index in [0.29, 0.717) is 0 Å². The predicted molar refractivity (Wildman–Crippen MR) is 78.0 cm³/mol. The van der Waals surface area contributed by atoms with Crippen LogP contribution in [0.5, 0.6) is 0 Å². The molecule has 0 aliphatic heterocycles. The predicted octanol–water partition coefficient (Wildman–Crippen LogP) is 5.42. The first kappa shape index (κ1) is 24.2. The van der Waals surface area contributed by atoms with Gasteiger partial charge < -0.3 is 4.43 Å². The molecule has 0 amide bonds. The highest BCUT2D eigenvalue weighted by atomic mass is 28.4. The molecule has 0 bridgehead atoms. The highest BCUT2D eigenvalue weighted by molar-refractivity contribution is 6.78. The van der Waals surface area contributed by atoms with Gasteiger partial charge in [0.1, 0.15) is 0 Å². The molecular weight excluding hydrogens is 200 g/mol. The van der Waals surface area contributed by atoms with Crippen molar-refractivity contribution in [1.29, 1.82) is 0 Å². The highest BCUT2D eigenvalue weighted by Gasteiger charge is 2.21. The Morgan fingerprint density at radius 1 is 0.933 bits per heavy atom. The van der Waals surface area contributed by atoms with Crippen molar-refractivity contribution in [3.63, 3.8) is 0 Å². The summed E-state index contributed by atoms with van der Waals surface area (Å²) in [5.74, 6) is 0. The molecule has 1 nitrogen and oxygen atoms in total. The second-order valence-corrected chi connectivity index (χ2v) is 6.90. The first-order valence-corrected chi connectivity index (χ1v) is 9.14. The van der Waals surface area contributed by atoms with Gasteiger partial charge in [-0.1, -0.05) is 52.8 Å². The molecule has 0 radical (unpaired) electrons. The monoisotopic (exact) mass is 234 g/mol. The van der Waals surface area contributed by atoms with Gasteiger partial charge >= 0.3 is 0 Å². The minimum Gasteiger partial charge on any atom is -0.416 e. The van der Waals surface area contributed by atoms with Crippen LogP contribution < -0.4 is 0 Å². The first-order chi connectivity index (χ1) is 7.04. The van der Waals surface area contributed by atoms with Gasteiger partial charge in [-0.05, 0) is 26.9 Å². The van der Waals surface area contributed by atoms with Gasteiger partial charge in [-0.15, -0.1) is 0 Å². The van der Waals surface area contributed by atoms with Crippen LogP contribution in [-0.4, -0.2) is 15.4 Å². The fourth-order valence-electron chi connectivity index (χ4n) is 0.509. The maximum absolute atomic E-state index is 5.36. The molecule has 0 aromatic rings. The second-order valence-electron chi connectivity index (χ2n) is 2.69. The maximum atomic E-state index is 5.36. The normalized spacial score (nSPS) is 9.67. The number of hydrogen-bond acceptors (Lipinski definition) is 1. The van der Waals surface area contributed by atoms with Gasteiger partial charge in [0.15, 0.2) is 0 Å². The lowest BCUT2D eigenvalue weighted by atomic mass is 10.6. The summed E-state index contributed by atoms with van der Waals surface area (Å²) in [6, 6.07) is 0. The van der Waals surface area contributed by atoms with Gasteiger partial charge in [0, 0.05) is 7.11 Å². The minimum atomic E-state index is -1.42. The Balaban J connectivity index is -0.0000000860. The third-order valence-electron chi connectivity index (χ3n) is 1.89. The van der Waals surface area contributed by atoms with Crippen LogP contribution in [0.1, 0.15) is 55.4 Å². The summed E-state index contributed by atoms with van der Waals surface area (Å²) in [5, 5.41) is 1.41. The standard InChI is InChI=1S/C7H16OSi.3C2H6/c1-6-7(2)9(4,5)8-3;3*1-2/h6H,1-5H3;3*1-2H3/b7-6+;;;. The molecule has 0 saturated carbocycles. The Kier molecular flexibility index (Phi) is 31.5. The van der Waals surface area contributed by atoms with Crippen LogP contribution in [0.3, 0.4) is 0 Å². The summed E-state index contributed by atoms with van der Waals surface area (Å²) in [5.41, 5.74) is 0. The zero-order valence-electron chi connectivity index (χ0n) is 13.0. The number of allylic oxidation sites excluding steroid dienone is 2. The molecule has 96 valence electrons. The summed E-state index contributed by atoms with van der Waals surface area (Å²) < 4.78 is 5.36. The molecule has 0 unspecified atom stereocenters. The Morgan fingerprint density at radius 3 is 1.27 bits per heavy atom. The molecule has 0 spiro atoms. The van der Waals surface area contributed by atoms with E-state index in [0.717, 1.165) is 0 Å². The lowest BCUT2D eigenvalue weighted by Gasteiger charge is -2.20. The van der Waals surface area contributed by atoms with Crippen molar-refractivity contribution in [2.24, 2.45) is 0 Å². The average molecular weight is 234 g/mol. The van der Waals surface area contributed by atoms with E-state index in [1.54, 1.807) is 7.11 Å². The molecule has 0 aliphatic rings. The van der Waals surface area contributed by atoms with Crippen LogP contribution >= 0.6 is 0 Å². The fourth-order valence-corrected chi connectivity index (χ4v) is 1.53. The molecule has 15 heavy (non-hydrogen) atoms. The van der Waals surface area contributed by atoms with Gasteiger partial charge in [0.25, 0.3) is 0 Å². The molecule has 0 fully saturated rings. The Bertz CT molecular complexity index is 118. The van der Waals surface area contributed by atoms with Gasteiger partial charge in [-0.2, -0.15) is 0 Å². The SMILES string of the molecule is C/C=C(\C)[Si](C)(C)OC.CC.CC.CC. The van der Waals surface area contributed by atoms with Crippen molar-refractivity contribution in [2.75, 3.05) is 7.11 Å². The van der Waals surface area contributed by atoms with E-state index in [9.17, 15) is 0 Å². The van der Waals surface area contributed by atoms with Crippen molar-refractivity contribution in [3.05, 3.63) is 11.3 Å². The number of rotatable bonds is 2. The molecule has 0 atom stereocenters.